The number of esters is 2. The molecule has 0 aliphatic rings. The van der Waals surface area contributed by atoms with Gasteiger partial charge in [-0.05, 0) is 31.6 Å². The molecule has 0 N–H and O–H groups in total. The normalized spacial score (nSPS) is 12.0. The summed E-state index contributed by atoms with van der Waals surface area (Å²) in [6, 6.07) is 0. The molecule has 4 heteroatoms. The molecule has 0 aliphatic heterocycles. The Morgan fingerprint density at radius 2 is 1.20 bits per heavy atom. The predicted molar refractivity (Wildman–Crippen MR) is 102 cm³/mol. The Labute approximate surface area is 155 Å². The van der Waals surface area contributed by atoms with Crippen molar-refractivity contribution >= 4 is 11.9 Å². The van der Waals surface area contributed by atoms with Crippen LogP contribution in [0.4, 0.5) is 0 Å². The van der Waals surface area contributed by atoms with Crippen LogP contribution in [-0.4, -0.2) is 25.2 Å². The Kier molecular flexibility index (Phi) is 17.0. The summed E-state index contributed by atoms with van der Waals surface area (Å²) >= 11 is 0. The van der Waals surface area contributed by atoms with Gasteiger partial charge in [0.2, 0.25) is 0 Å². The van der Waals surface area contributed by atoms with E-state index in [0.29, 0.717) is 32.0 Å². The molecule has 0 aromatic rings. The molecule has 0 aromatic carbocycles. The third kappa shape index (κ3) is 17.6. The fourth-order valence-electron chi connectivity index (χ4n) is 2.61. The van der Waals surface area contributed by atoms with E-state index in [1.54, 1.807) is 0 Å². The molecule has 0 heterocycles. The lowest BCUT2D eigenvalue weighted by atomic mass is 9.97. The second-order valence-electron chi connectivity index (χ2n) is 7.10. The molecule has 4 nitrogen and oxygen atoms in total. The maximum absolute atomic E-state index is 11.5. The van der Waals surface area contributed by atoms with Crippen molar-refractivity contribution in [3.63, 3.8) is 0 Å². The highest BCUT2D eigenvalue weighted by atomic mass is 16.5. The molecule has 0 saturated carbocycles. The minimum Gasteiger partial charge on any atom is -0.466 e. The zero-order valence-electron chi connectivity index (χ0n) is 16.8. The fourth-order valence-corrected chi connectivity index (χ4v) is 2.61. The van der Waals surface area contributed by atoms with E-state index in [1.807, 2.05) is 0 Å². The van der Waals surface area contributed by atoms with Crippen molar-refractivity contribution < 1.29 is 19.1 Å². The number of unbranched alkanes of at least 4 members (excludes halogenated alkanes) is 6. The standard InChI is InChI=1S/C21H40O4/c1-4-6-17-24-20(22)14-12-10-8-9-11-13-19(3)15-16-21(23)25-18-7-5-2/h19H,4-18H2,1-3H3. The fraction of sp³-hybridized carbons (Fsp3) is 0.905. The second kappa shape index (κ2) is 17.8. The van der Waals surface area contributed by atoms with Crippen molar-refractivity contribution in [3.8, 4) is 0 Å². The SMILES string of the molecule is CCCCOC(=O)CCCCCCCC(C)CCC(=O)OCCCC. The van der Waals surface area contributed by atoms with Gasteiger partial charge in [-0.1, -0.05) is 65.7 Å². The molecule has 0 aromatic heterocycles. The quantitative estimate of drug-likeness (QED) is 0.243. The predicted octanol–water partition coefficient (Wildman–Crippen LogP) is 5.82. The second-order valence-corrected chi connectivity index (χ2v) is 7.10. The van der Waals surface area contributed by atoms with E-state index in [2.05, 4.69) is 20.8 Å². The largest absolute Gasteiger partial charge is 0.466 e. The third-order valence-corrected chi connectivity index (χ3v) is 4.44. The number of ether oxygens (including phenoxy) is 2. The molecule has 0 radical (unpaired) electrons. The minimum atomic E-state index is -0.0499. The van der Waals surface area contributed by atoms with Crippen molar-refractivity contribution in [2.45, 2.75) is 104 Å². The summed E-state index contributed by atoms with van der Waals surface area (Å²) < 4.78 is 10.3. The molecule has 0 fully saturated rings. The highest BCUT2D eigenvalue weighted by Crippen LogP contribution is 2.16. The van der Waals surface area contributed by atoms with Crippen LogP contribution in [0.1, 0.15) is 104 Å². The maximum Gasteiger partial charge on any atom is 0.305 e. The molecule has 0 spiro atoms. The molecule has 1 unspecified atom stereocenters. The lowest BCUT2D eigenvalue weighted by Gasteiger charge is -2.11. The van der Waals surface area contributed by atoms with Gasteiger partial charge in [0.05, 0.1) is 13.2 Å². The Balaban J connectivity index is 3.38. The van der Waals surface area contributed by atoms with Crippen molar-refractivity contribution in [1.29, 1.82) is 0 Å². The monoisotopic (exact) mass is 356 g/mol. The van der Waals surface area contributed by atoms with Crippen LogP contribution < -0.4 is 0 Å². The summed E-state index contributed by atoms with van der Waals surface area (Å²) in [6.07, 6.45) is 12.8. The van der Waals surface area contributed by atoms with Crippen molar-refractivity contribution in [2.24, 2.45) is 5.92 Å². The Morgan fingerprint density at radius 1 is 0.680 bits per heavy atom. The van der Waals surface area contributed by atoms with E-state index in [1.165, 1.54) is 25.7 Å². The summed E-state index contributed by atoms with van der Waals surface area (Å²) in [7, 11) is 0. The third-order valence-electron chi connectivity index (χ3n) is 4.44. The van der Waals surface area contributed by atoms with E-state index in [4.69, 9.17) is 9.47 Å². The minimum absolute atomic E-state index is 0.0482. The summed E-state index contributed by atoms with van der Waals surface area (Å²) in [4.78, 5) is 23.0. The van der Waals surface area contributed by atoms with Crippen LogP contribution in [0.25, 0.3) is 0 Å². The van der Waals surface area contributed by atoms with Crippen molar-refractivity contribution in [3.05, 3.63) is 0 Å². The molecule has 0 bridgehead atoms. The Bertz CT molecular complexity index is 328. The smallest absolute Gasteiger partial charge is 0.305 e. The first-order valence-corrected chi connectivity index (χ1v) is 10.4. The molecule has 0 amide bonds. The van der Waals surface area contributed by atoms with Gasteiger partial charge in [0.25, 0.3) is 0 Å². The molecular weight excluding hydrogens is 316 g/mol. The van der Waals surface area contributed by atoms with Gasteiger partial charge < -0.3 is 9.47 Å². The van der Waals surface area contributed by atoms with E-state index in [-0.39, 0.29) is 11.9 Å². The van der Waals surface area contributed by atoms with Crippen LogP contribution in [0.15, 0.2) is 0 Å². The van der Waals surface area contributed by atoms with Gasteiger partial charge in [-0.15, -0.1) is 0 Å². The molecule has 0 saturated heterocycles. The average molecular weight is 357 g/mol. The average Bonchev–Trinajstić information content (AvgIpc) is 2.59. The molecular formula is C21H40O4. The molecule has 0 aliphatic carbocycles. The molecule has 1 atom stereocenters. The van der Waals surface area contributed by atoms with Gasteiger partial charge in [-0.3, -0.25) is 9.59 Å². The van der Waals surface area contributed by atoms with Gasteiger partial charge in [-0.2, -0.15) is 0 Å². The number of carbonyl (C=O) groups is 2. The van der Waals surface area contributed by atoms with Gasteiger partial charge in [0.1, 0.15) is 0 Å². The molecule has 25 heavy (non-hydrogen) atoms. The van der Waals surface area contributed by atoms with E-state index in [0.717, 1.165) is 44.9 Å². The summed E-state index contributed by atoms with van der Waals surface area (Å²) in [5.74, 6) is 0.478. The van der Waals surface area contributed by atoms with Crippen LogP contribution in [0.5, 0.6) is 0 Å². The van der Waals surface area contributed by atoms with E-state index in [9.17, 15) is 9.59 Å². The van der Waals surface area contributed by atoms with Crippen LogP contribution in [0.2, 0.25) is 0 Å². The first-order valence-electron chi connectivity index (χ1n) is 10.4. The first-order chi connectivity index (χ1) is 12.1. The zero-order chi connectivity index (χ0) is 18.8. The Morgan fingerprint density at radius 3 is 1.80 bits per heavy atom. The van der Waals surface area contributed by atoms with Crippen molar-refractivity contribution in [1.82, 2.24) is 0 Å². The topological polar surface area (TPSA) is 52.6 Å². The molecule has 148 valence electrons. The molecule has 0 rings (SSSR count). The summed E-state index contributed by atoms with van der Waals surface area (Å²) in [6.45, 7) is 7.53. The van der Waals surface area contributed by atoms with Crippen LogP contribution in [-0.2, 0) is 19.1 Å². The summed E-state index contributed by atoms with van der Waals surface area (Å²) in [5, 5.41) is 0. The number of hydrogen-bond donors (Lipinski definition) is 0. The van der Waals surface area contributed by atoms with Gasteiger partial charge in [0.15, 0.2) is 0 Å². The van der Waals surface area contributed by atoms with Crippen LogP contribution in [0, 0.1) is 5.92 Å². The number of hydrogen-bond acceptors (Lipinski definition) is 4. The lowest BCUT2D eigenvalue weighted by Crippen LogP contribution is -2.07. The lowest BCUT2D eigenvalue weighted by molar-refractivity contribution is -0.144. The zero-order valence-corrected chi connectivity index (χ0v) is 16.8. The summed E-state index contributed by atoms with van der Waals surface area (Å²) in [5.41, 5.74) is 0. The first kappa shape index (κ1) is 23.9. The van der Waals surface area contributed by atoms with Gasteiger partial charge >= 0.3 is 11.9 Å². The highest BCUT2D eigenvalue weighted by molar-refractivity contribution is 5.69. The van der Waals surface area contributed by atoms with Crippen molar-refractivity contribution in [2.75, 3.05) is 13.2 Å². The Hall–Kier alpha value is -1.06. The maximum atomic E-state index is 11.5. The van der Waals surface area contributed by atoms with Gasteiger partial charge in [-0.25, -0.2) is 0 Å². The van der Waals surface area contributed by atoms with Crippen LogP contribution in [0.3, 0.4) is 0 Å². The van der Waals surface area contributed by atoms with E-state index < -0.39 is 0 Å². The number of carbonyl (C=O) groups excluding carboxylic acids is 2. The van der Waals surface area contributed by atoms with E-state index >= 15 is 0 Å². The van der Waals surface area contributed by atoms with Crippen LogP contribution >= 0.6 is 0 Å². The van der Waals surface area contributed by atoms with Gasteiger partial charge in [0, 0.05) is 12.8 Å². The highest BCUT2D eigenvalue weighted by Gasteiger charge is 2.08. The number of rotatable bonds is 17.